The normalized spacial score (nSPS) is 16.9. The molecule has 15 heavy (non-hydrogen) atoms. The van der Waals surface area contributed by atoms with Gasteiger partial charge >= 0.3 is 6.03 Å². The highest BCUT2D eigenvalue weighted by molar-refractivity contribution is 5.96. The van der Waals surface area contributed by atoms with Crippen molar-refractivity contribution in [3.63, 3.8) is 0 Å². The van der Waals surface area contributed by atoms with E-state index in [4.69, 9.17) is 0 Å². The number of urea groups is 1. The molecule has 0 spiro atoms. The summed E-state index contributed by atoms with van der Waals surface area (Å²) in [5.41, 5.74) is 0. The highest BCUT2D eigenvalue weighted by atomic mass is 16.2. The van der Waals surface area contributed by atoms with Gasteiger partial charge in [-0.15, -0.1) is 0 Å². The molecule has 86 valence electrons. The predicted octanol–water partition coefficient (Wildman–Crippen LogP) is 0.220. The molecule has 1 aliphatic carbocycles. The number of hydrogen-bond acceptors (Lipinski definition) is 3. The lowest BCUT2D eigenvalue weighted by Gasteiger charge is -2.12. The SMILES string of the molecule is CCNC(=O)NC(=O)C(C)NCC1CC1. The number of rotatable bonds is 5. The standard InChI is InChI=1S/C10H19N3O2/c1-3-11-10(15)13-9(14)7(2)12-6-8-4-5-8/h7-8,12H,3-6H2,1-2H3,(H2,11,13,14,15). The first-order chi connectivity index (χ1) is 7.13. The molecule has 5 nitrogen and oxygen atoms in total. The molecule has 0 bridgehead atoms. The van der Waals surface area contributed by atoms with E-state index in [-0.39, 0.29) is 11.9 Å². The average molecular weight is 213 g/mol. The second-order valence-electron chi connectivity index (χ2n) is 3.92. The number of nitrogens with one attached hydrogen (secondary N) is 3. The Hall–Kier alpha value is -1.10. The lowest BCUT2D eigenvalue weighted by Crippen LogP contribution is -2.48. The number of imide groups is 1. The molecule has 0 heterocycles. The maximum atomic E-state index is 11.4. The van der Waals surface area contributed by atoms with Gasteiger partial charge in [0.05, 0.1) is 6.04 Å². The van der Waals surface area contributed by atoms with E-state index in [1.165, 1.54) is 12.8 Å². The van der Waals surface area contributed by atoms with Crippen LogP contribution in [0.2, 0.25) is 0 Å². The fourth-order valence-electron chi connectivity index (χ4n) is 1.18. The van der Waals surface area contributed by atoms with Crippen LogP contribution in [0.1, 0.15) is 26.7 Å². The van der Waals surface area contributed by atoms with Crippen molar-refractivity contribution in [3.05, 3.63) is 0 Å². The molecule has 1 fully saturated rings. The van der Waals surface area contributed by atoms with Gasteiger partial charge in [0.15, 0.2) is 0 Å². The molecule has 0 saturated heterocycles. The first kappa shape index (κ1) is 12.0. The predicted molar refractivity (Wildman–Crippen MR) is 57.4 cm³/mol. The van der Waals surface area contributed by atoms with Crippen LogP contribution in [0.5, 0.6) is 0 Å². The highest BCUT2D eigenvalue weighted by Gasteiger charge is 2.23. The summed E-state index contributed by atoms with van der Waals surface area (Å²) in [5, 5.41) is 7.88. The van der Waals surface area contributed by atoms with Crippen LogP contribution in [0.25, 0.3) is 0 Å². The van der Waals surface area contributed by atoms with Crippen molar-refractivity contribution in [2.45, 2.75) is 32.7 Å². The van der Waals surface area contributed by atoms with Crippen LogP contribution in [0.3, 0.4) is 0 Å². The number of hydrogen-bond donors (Lipinski definition) is 3. The quantitative estimate of drug-likeness (QED) is 0.612. The van der Waals surface area contributed by atoms with Crippen molar-refractivity contribution in [3.8, 4) is 0 Å². The molecule has 3 N–H and O–H groups in total. The molecule has 0 aromatic carbocycles. The van der Waals surface area contributed by atoms with E-state index in [0.29, 0.717) is 6.54 Å². The van der Waals surface area contributed by atoms with Crippen molar-refractivity contribution >= 4 is 11.9 Å². The maximum Gasteiger partial charge on any atom is 0.321 e. The van der Waals surface area contributed by atoms with Gasteiger partial charge in [0.25, 0.3) is 0 Å². The van der Waals surface area contributed by atoms with E-state index in [9.17, 15) is 9.59 Å². The van der Waals surface area contributed by atoms with Gasteiger partial charge in [-0.3, -0.25) is 10.1 Å². The van der Waals surface area contributed by atoms with E-state index in [1.54, 1.807) is 13.8 Å². The Labute approximate surface area is 90.0 Å². The lowest BCUT2D eigenvalue weighted by molar-refractivity contribution is -0.121. The van der Waals surface area contributed by atoms with Crippen LogP contribution < -0.4 is 16.0 Å². The Morgan fingerprint density at radius 1 is 1.40 bits per heavy atom. The zero-order valence-corrected chi connectivity index (χ0v) is 9.30. The largest absolute Gasteiger partial charge is 0.338 e. The van der Waals surface area contributed by atoms with Gasteiger partial charge < -0.3 is 10.6 Å². The molecule has 0 aromatic heterocycles. The lowest BCUT2D eigenvalue weighted by atomic mass is 10.3. The second-order valence-corrected chi connectivity index (χ2v) is 3.92. The van der Waals surface area contributed by atoms with Crippen molar-refractivity contribution in [2.75, 3.05) is 13.1 Å². The fraction of sp³-hybridized carbons (Fsp3) is 0.800. The van der Waals surface area contributed by atoms with Crippen LogP contribution in [-0.4, -0.2) is 31.1 Å². The first-order valence-corrected chi connectivity index (χ1v) is 5.45. The Kier molecular flexibility index (Phi) is 4.55. The second kappa shape index (κ2) is 5.70. The number of carbonyl (C=O) groups is 2. The smallest absolute Gasteiger partial charge is 0.321 e. The summed E-state index contributed by atoms with van der Waals surface area (Å²) < 4.78 is 0. The van der Waals surface area contributed by atoms with E-state index < -0.39 is 6.03 Å². The third kappa shape index (κ3) is 4.78. The van der Waals surface area contributed by atoms with E-state index >= 15 is 0 Å². The fourth-order valence-corrected chi connectivity index (χ4v) is 1.18. The van der Waals surface area contributed by atoms with E-state index in [2.05, 4.69) is 16.0 Å². The van der Waals surface area contributed by atoms with Gasteiger partial charge in [-0.25, -0.2) is 4.79 Å². The van der Waals surface area contributed by atoms with Crippen LogP contribution in [0.15, 0.2) is 0 Å². The van der Waals surface area contributed by atoms with Crippen molar-refractivity contribution < 1.29 is 9.59 Å². The van der Waals surface area contributed by atoms with Crippen LogP contribution in [0, 0.1) is 5.92 Å². The Bertz CT molecular complexity index is 239. The van der Waals surface area contributed by atoms with Gasteiger partial charge in [-0.1, -0.05) is 0 Å². The minimum atomic E-state index is -0.428. The highest BCUT2D eigenvalue weighted by Crippen LogP contribution is 2.27. The molecule has 1 unspecified atom stereocenters. The van der Waals surface area contributed by atoms with Crippen molar-refractivity contribution in [1.82, 2.24) is 16.0 Å². The summed E-state index contributed by atoms with van der Waals surface area (Å²) >= 11 is 0. The molecule has 3 amide bonds. The van der Waals surface area contributed by atoms with E-state index in [1.807, 2.05) is 0 Å². The maximum absolute atomic E-state index is 11.4. The third-order valence-electron chi connectivity index (χ3n) is 2.38. The zero-order chi connectivity index (χ0) is 11.3. The summed E-state index contributed by atoms with van der Waals surface area (Å²) in [6.45, 7) is 4.95. The minimum Gasteiger partial charge on any atom is -0.338 e. The van der Waals surface area contributed by atoms with Gasteiger partial charge in [-0.05, 0) is 39.2 Å². The molecular weight excluding hydrogens is 194 g/mol. The summed E-state index contributed by atoms with van der Waals surface area (Å²) in [6, 6.07) is -0.740. The van der Waals surface area contributed by atoms with Gasteiger partial charge in [-0.2, -0.15) is 0 Å². The molecule has 5 heteroatoms. The van der Waals surface area contributed by atoms with Crippen LogP contribution in [0.4, 0.5) is 4.79 Å². The Balaban J connectivity index is 2.15. The summed E-state index contributed by atoms with van der Waals surface area (Å²) in [5.74, 6) is 0.450. The molecule has 0 aromatic rings. The molecule has 1 saturated carbocycles. The number of amides is 3. The monoisotopic (exact) mass is 213 g/mol. The Morgan fingerprint density at radius 2 is 2.07 bits per heavy atom. The topological polar surface area (TPSA) is 70.2 Å². The molecule has 0 aliphatic heterocycles. The molecule has 0 radical (unpaired) electrons. The molecule has 1 rings (SSSR count). The van der Waals surface area contributed by atoms with E-state index in [0.717, 1.165) is 12.5 Å². The average Bonchev–Trinajstić information content (AvgIpc) is 2.97. The Morgan fingerprint density at radius 3 is 2.60 bits per heavy atom. The van der Waals surface area contributed by atoms with Crippen LogP contribution >= 0.6 is 0 Å². The summed E-state index contributed by atoms with van der Waals surface area (Å²) in [4.78, 5) is 22.5. The molecule has 1 atom stereocenters. The minimum absolute atomic E-state index is 0.276. The number of carbonyl (C=O) groups excluding carboxylic acids is 2. The zero-order valence-electron chi connectivity index (χ0n) is 9.30. The third-order valence-corrected chi connectivity index (χ3v) is 2.38. The summed E-state index contributed by atoms with van der Waals surface area (Å²) in [7, 11) is 0. The first-order valence-electron chi connectivity index (χ1n) is 5.45. The van der Waals surface area contributed by atoms with Gasteiger partial charge in [0.1, 0.15) is 0 Å². The van der Waals surface area contributed by atoms with Crippen molar-refractivity contribution in [2.24, 2.45) is 5.92 Å². The molecule has 1 aliphatic rings. The van der Waals surface area contributed by atoms with Crippen molar-refractivity contribution in [1.29, 1.82) is 0 Å². The summed E-state index contributed by atoms with van der Waals surface area (Å²) in [6.07, 6.45) is 2.50. The van der Waals surface area contributed by atoms with Gasteiger partial charge in [0.2, 0.25) is 5.91 Å². The molecular formula is C10H19N3O2. The van der Waals surface area contributed by atoms with Crippen LogP contribution in [-0.2, 0) is 4.79 Å². The van der Waals surface area contributed by atoms with Gasteiger partial charge in [0, 0.05) is 6.54 Å².